The first-order valence-corrected chi connectivity index (χ1v) is 6.89. The Bertz CT molecular complexity index is 417. The van der Waals surface area contributed by atoms with E-state index in [2.05, 4.69) is 5.32 Å². The normalized spacial score (nSPS) is 18.2. The van der Waals surface area contributed by atoms with E-state index in [4.69, 9.17) is 11.6 Å². The summed E-state index contributed by atoms with van der Waals surface area (Å²) in [5, 5.41) is 3.12. The van der Waals surface area contributed by atoms with Crippen LogP contribution in [0.1, 0.15) is 44.2 Å². The molecule has 1 fully saturated rings. The van der Waals surface area contributed by atoms with Gasteiger partial charge in [-0.25, -0.2) is 8.78 Å². The van der Waals surface area contributed by atoms with Gasteiger partial charge in [-0.3, -0.25) is 0 Å². The summed E-state index contributed by atoms with van der Waals surface area (Å²) in [6.45, 7) is 2.72. The fourth-order valence-electron chi connectivity index (χ4n) is 2.82. The zero-order valence-corrected chi connectivity index (χ0v) is 11.2. The molecule has 0 amide bonds. The average molecular weight is 274 g/mol. The standard InChI is InChI=1S/C14H18ClF2N/c1-2-18-14(9-5-3-4-6-9)10-7-13(17)11(15)8-12(10)16/h7-9,14,18H,2-6H2,1H3. The number of hydrogen-bond acceptors (Lipinski definition) is 1. The number of nitrogens with one attached hydrogen (secondary N) is 1. The maximum absolute atomic E-state index is 14.0. The third-order valence-corrected chi connectivity index (χ3v) is 3.96. The molecule has 1 aromatic rings. The summed E-state index contributed by atoms with van der Waals surface area (Å²) in [7, 11) is 0. The van der Waals surface area contributed by atoms with Gasteiger partial charge in [0.05, 0.1) is 5.02 Å². The monoisotopic (exact) mass is 273 g/mol. The largest absolute Gasteiger partial charge is 0.310 e. The summed E-state index contributed by atoms with van der Waals surface area (Å²) < 4.78 is 27.5. The Morgan fingerprint density at radius 2 is 1.94 bits per heavy atom. The summed E-state index contributed by atoms with van der Waals surface area (Å²) in [6, 6.07) is 2.21. The third-order valence-electron chi connectivity index (χ3n) is 3.67. The van der Waals surface area contributed by atoms with Crippen LogP contribution in [-0.4, -0.2) is 6.54 Å². The van der Waals surface area contributed by atoms with Crippen LogP contribution in [-0.2, 0) is 0 Å². The van der Waals surface area contributed by atoms with Gasteiger partial charge in [-0.15, -0.1) is 0 Å². The minimum atomic E-state index is -0.547. The van der Waals surface area contributed by atoms with Crippen molar-refractivity contribution in [2.45, 2.75) is 38.6 Å². The Kier molecular flexibility index (Phi) is 4.57. The molecule has 1 atom stereocenters. The van der Waals surface area contributed by atoms with Gasteiger partial charge in [-0.2, -0.15) is 0 Å². The van der Waals surface area contributed by atoms with Crippen molar-refractivity contribution in [1.29, 1.82) is 0 Å². The quantitative estimate of drug-likeness (QED) is 0.799. The lowest BCUT2D eigenvalue weighted by atomic mass is 9.91. The van der Waals surface area contributed by atoms with Crippen molar-refractivity contribution in [2.75, 3.05) is 6.54 Å². The highest BCUT2D eigenvalue weighted by Crippen LogP contribution is 2.37. The molecule has 4 heteroatoms. The van der Waals surface area contributed by atoms with E-state index in [1.54, 1.807) is 0 Å². The molecule has 2 rings (SSSR count). The predicted octanol–water partition coefficient (Wildman–Crippen LogP) is 4.46. The Labute approximate surface area is 112 Å². The molecule has 1 nitrogen and oxygen atoms in total. The third kappa shape index (κ3) is 2.83. The van der Waals surface area contributed by atoms with E-state index in [9.17, 15) is 8.78 Å². The zero-order valence-electron chi connectivity index (χ0n) is 10.5. The van der Waals surface area contributed by atoms with E-state index in [0.717, 1.165) is 25.5 Å². The highest BCUT2D eigenvalue weighted by atomic mass is 35.5. The molecule has 1 aromatic carbocycles. The Balaban J connectivity index is 2.32. The summed E-state index contributed by atoms with van der Waals surface area (Å²) >= 11 is 5.59. The second-order valence-electron chi connectivity index (χ2n) is 4.87. The van der Waals surface area contributed by atoms with Gasteiger partial charge in [0, 0.05) is 11.6 Å². The highest BCUT2D eigenvalue weighted by Gasteiger charge is 2.28. The van der Waals surface area contributed by atoms with Crippen molar-refractivity contribution in [3.8, 4) is 0 Å². The van der Waals surface area contributed by atoms with Gasteiger partial charge in [0.25, 0.3) is 0 Å². The van der Waals surface area contributed by atoms with Crippen LogP contribution in [0.25, 0.3) is 0 Å². The summed E-state index contributed by atoms with van der Waals surface area (Å²) in [5.74, 6) is -0.576. The fraction of sp³-hybridized carbons (Fsp3) is 0.571. The number of rotatable bonds is 4. The first-order valence-electron chi connectivity index (χ1n) is 6.51. The number of hydrogen-bond donors (Lipinski definition) is 1. The molecular formula is C14H18ClF2N. The molecule has 1 aliphatic rings. The molecule has 1 saturated carbocycles. The smallest absolute Gasteiger partial charge is 0.142 e. The van der Waals surface area contributed by atoms with E-state index in [1.807, 2.05) is 6.92 Å². The molecule has 18 heavy (non-hydrogen) atoms. The van der Waals surface area contributed by atoms with Crippen molar-refractivity contribution in [3.63, 3.8) is 0 Å². The van der Waals surface area contributed by atoms with Crippen LogP contribution in [0.3, 0.4) is 0 Å². The van der Waals surface area contributed by atoms with Gasteiger partial charge in [0.2, 0.25) is 0 Å². The van der Waals surface area contributed by atoms with Crippen LogP contribution in [0, 0.1) is 17.6 Å². The molecule has 1 N–H and O–H groups in total. The minimum absolute atomic E-state index is 0.107. The lowest BCUT2D eigenvalue weighted by molar-refractivity contribution is 0.362. The van der Waals surface area contributed by atoms with Crippen LogP contribution in [0.4, 0.5) is 8.78 Å². The maximum atomic E-state index is 14.0. The van der Waals surface area contributed by atoms with Gasteiger partial charge in [0.1, 0.15) is 11.6 Å². The maximum Gasteiger partial charge on any atom is 0.142 e. The van der Waals surface area contributed by atoms with E-state index >= 15 is 0 Å². The predicted molar refractivity (Wildman–Crippen MR) is 69.7 cm³/mol. The lowest BCUT2D eigenvalue weighted by Crippen LogP contribution is -2.28. The average Bonchev–Trinajstić information content (AvgIpc) is 2.85. The lowest BCUT2D eigenvalue weighted by Gasteiger charge is -2.25. The van der Waals surface area contributed by atoms with Gasteiger partial charge >= 0.3 is 0 Å². The second kappa shape index (κ2) is 5.98. The topological polar surface area (TPSA) is 12.0 Å². The van der Waals surface area contributed by atoms with Crippen LogP contribution in [0.5, 0.6) is 0 Å². The van der Waals surface area contributed by atoms with Crippen LogP contribution < -0.4 is 5.32 Å². The SMILES string of the molecule is CCNC(c1cc(F)c(Cl)cc1F)C1CCCC1. The molecule has 0 radical (unpaired) electrons. The van der Waals surface area contributed by atoms with Gasteiger partial charge in [-0.05, 0) is 37.4 Å². The van der Waals surface area contributed by atoms with Crippen LogP contribution >= 0.6 is 11.6 Å². The van der Waals surface area contributed by atoms with Crippen molar-refractivity contribution in [2.24, 2.45) is 5.92 Å². The van der Waals surface area contributed by atoms with Crippen molar-refractivity contribution in [3.05, 3.63) is 34.4 Å². The highest BCUT2D eigenvalue weighted by molar-refractivity contribution is 6.30. The van der Waals surface area contributed by atoms with Crippen molar-refractivity contribution in [1.82, 2.24) is 5.32 Å². The first-order chi connectivity index (χ1) is 8.63. The molecule has 0 aliphatic heterocycles. The molecular weight excluding hydrogens is 256 g/mol. The Hall–Kier alpha value is -0.670. The fourth-order valence-corrected chi connectivity index (χ4v) is 2.97. The molecule has 0 bridgehead atoms. The molecule has 0 saturated heterocycles. The molecule has 1 aliphatic carbocycles. The minimum Gasteiger partial charge on any atom is -0.310 e. The van der Waals surface area contributed by atoms with Gasteiger partial charge < -0.3 is 5.32 Å². The number of halogens is 3. The Morgan fingerprint density at radius 3 is 2.56 bits per heavy atom. The molecule has 100 valence electrons. The second-order valence-corrected chi connectivity index (χ2v) is 5.27. The zero-order chi connectivity index (χ0) is 13.1. The Morgan fingerprint density at radius 1 is 1.28 bits per heavy atom. The van der Waals surface area contributed by atoms with Crippen molar-refractivity contribution < 1.29 is 8.78 Å². The summed E-state index contributed by atoms with van der Waals surface area (Å²) in [5.41, 5.74) is 0.408. The molecule has 0 heterocycles. The van der Waals surface area contributed by atoms with Crippen LogP contribution in [0.15, 0.2) is 12.1 Å². The first kappa shape index (κ1) is 13.8. The van der Waals surface area contributed by atoms with E-state index in [1.165, 1.54) is 18.9 Å². The molecule has 1 unspecified atom stereocenters. The summed E-state index contributed by atoms with van der Waals surface area (Å²) in [6.07, 6.45) is 4.48. The van der Waals surface area contributed by atoms with E-state index in [0.29, 0.717) is 11.5 Å². The van der Waals surface area contributed by atoms with Crippen molar-refractivity contribution >= 4 is 11.6 Å². The van der Waals surface area contributed by atoms with E-state index in [-0.39, 0.29) is 11.1 Å². The molecule has 0 spiro atoms. The summed E-state index contributed by atoms with van der Waals surface area (Å²) in [4.78, 5) is 0. The van der Waals surface area contributed by atoms with Gasteiger partial charge in [-0.1, -0.05) is 31.4 Å². The molecule has 0 aromatic heterocycles. The van der Waals surface area contributed by atoms with Gasteiger partial charge in [0.15, 0.2) is 0 Å². The van der Waals surface area contributed by atoms with E-state index < -0.39 is 11.6 Å². The number of benzene rings is 1. The van der Waals surface area contributed by atoms with Crippen LogP contribution in [0.2, 0.25) is 5.02 Å².